The molecule has 0 spiro atoms. The minimum atomic E-state index is -3.45. The highest BCUT2D eigenvalue weighted by molar-refractivity contribution is 7.86. The van der Waals surface area contributed by atoms with Gasteiger partial charge >= 0.3 is 0 Å². The zero-order chi connectivity index (χ0) is 21.1. The van der Waals surface area contributed by atoms with Crippen LogP contribution < -0.4 is 4.74 Å². The number of benzene rings is 1. The van der Waals surface area contributed by atoms with Gasteiger partial charge in [0.2, 0.25) is 0 Å². The molecule has 0 saturated carbocycles. The fourth-order valence-corrected chi connectivity index (χ4v) is 5.52. The molecule has 4 rings (SSSR count). The van der Waals surface area contributed by atoms with Crippen LogP contribution in [0.4, 0.5) is 4.39 Å². The summed E-state index contributed by atoms with van der Waals surface area (Å²) < 4.78 is 55.2. The largest absolute Gasteiger partial charge is 0.493 e. The normalized spacial score (nSPS) is 21.2. The van der Waals surface area contributed by atoms with Crippen molar-refractivity contribution >= 4 is 10.2 Å². The first-order valence-electron chi connectivity index (χ1n) is 10.2. The molecule has 164 valence electrons. The van der Waals surface area contributed by atoms with Gasteiger partial charge in [-0.15, -0.1) is 0 Å². The van der Waals surface area contributed by atoms with Gasteiger partial charge in [0, 0.05) is 51.4 Å². The maximum absolute atomic E-state index is 13.2. The molecule has 0 aliphatic carbocycles. The Labute approximate surface area is 176 Å². The molecule has 2 saturated heterocycles. The lowest BCUT2D eigenvalue weighted by atomic mass is 10.2. The van der Waals surface area contributed by atoms with Gasteiger partial charge < -0.3 is 9.47 Å². The van der Waals surface area contributed by atoms with Crippen LogP contribution in [-0.4, -0.2) is 66.2 Å². The number of nitrogens with zero attached hydrogens (tertiary/aromatic N) is 4. The second kappa shape index (κ2) is 9.01. The predicted octanol–water partition coefficient (Wildman–Crippen LogP) is 1.89. The third kappa shape index (κ3) is 4.66. The van der Waals surface area contributed by atoms with E-state index < -0.39 is 16.3 Å². The number of halogens is 1. The molecule has 1 atom stereocenters. The van der Waals surface area contributed by atoms with E-state index in [-0.39, 0.29) is 12.4 Å². The summed E-state index contributed by atoms with van der Waals surface area (Å²) in [5.41, 5.74) is 1.64. The van der Waals surface area contributed by atoms with Gasteiger partial charge in [-0.2, -0.15) is 22.1 Å². The molecule has 30 heavy (non-hydrogen) atoms. The minimum Gasteiger partial charge on any atom is -0.493 e. The Morgan fingerprint density at radius 3 is 2.77 bits per heavy atom. The van der Waals surface area contributed by atoms with Crippen molar-refractivity contribution in [3.8, 4) is 5.75 Å². The molecule has 0 unspecified atom stereocenters. The van der Waals surface area contributed by atoms with Gasteiger partial charge in [0.1, 0.15) is 17.7 Å². The van der Waals surface area contributed by atoms with Crippen molar-refractivity contribution in [3.63, 3.8) is 0 Å². The second-order valence-corrected chi connectivity index (χ2v) is 9.50. The second-order valence-electron chi connectivity index (χ2n) is 7.57. The molecule has 1 aromatic heterocycles. The third-order valence-corrected chi connectivity index (χ3v) is 7.50. The first kappa shape index (κ1) is 21.2. The predicted molar refractivity (Wildman–Crippen MR) is 109 cm³/mol. The van der Waals surface area contributed by atoms with E-state index >= 15 is 0 Å². The Morgan fingerprint density at radius 1 is 1.20 bits per heavy atom. The quantitative estimate of drug-likeness (QED) is 0.660. The average Bonchev–Trinajstić information content (AvgIpc) is 3.39. The number of hydrogen-bond donors (Lipinski definition) is 0. The van der Waals surface area contributed by atoms with E-state index in [0.717, 1.165) is 18.5 Å². The Balaban J connectivity index is 1.38. The molecule has 0 bridgehead atoms. The van der Waals surface area contributed by atoms with Crippen molar-refractivity contribution < 1.29 is 22.3 Å². The van der Waals surface area contributed by atoms with Gasteiger partial charge in [-0.1, -0.05) is 6.07 Å². The lowest BCUT2D eigenvalue weighted by Crippen LogP contribution is -2.48. The van der Waals surface area contributed by atoms with Crippen LogP contribution in [0.15, 0.2) is 30.3 Å². The van der Waals surface area contributed by atoms with Crippen molar-refractivity contribution in [1.82, 2.24) is 18.4 Å². The number of aryl methyl sites for hydroxylation is 1. The van der Waals surface area contributed by atoms with E-state index in [0.29, 0.717) is 50.7 Å². The van der Waals surface area contributed by atoms with Crippen LogP contribution in [0, 0.1) is 5.82 Å². The van der Waals surface area contributed by atoms with E-state index in [9.17, 15) is 12.8 Å². The van der Waals surface area contributed by atoms with E-state index in [2.05, 4.69) is 5.10 Å². The molecule has 2 aliphatic rings. The fraction of sp³-hybridized carbons (Fsp3) is 0.550. The zero-order valence-electron chi connectivity index (χ0n) is 17.0. The molecule has 0 amide bonds. The molecule has 1 aromatic carbocycles. The first-order chi connectivity index (χ1) is 14.4. The topological polar surface area (TPSA) is 76.9 Å². The van der Waals surface area contributed by atoms with Crippen LogP contribution in [0.3, 0.4) is 0 Å². The number of aromatic nitrogens is 2. The van der Waals surface area contributed by atoms with Crippen LogP contribution in [-0.2, 0) is 28.4 Å². The maximum atomic E-state index is 13.2. The first-order valence-corrected chi connectivity index (χ1v) is 11.6. The zero-order valence-corrected chi connectivity index (χ0v) is 17.9. The Hall–Kier alpha value is -2.01. The summed E-state index contributed by atoms with van der Waals surface area (Å²) in [6.07, 6.45) is 2.01. The smallest absolute Gasteiger partial charge is 0.282 e. The average molecular weight is 439 g/mol. The van der Waals surface area contributed by atoms with Gasteiger partial charge in [0.05, 0.1) is 18.9 Å². The minimum absolute atomic E-state index is 0.259. The molecule has 3 heterocycles. The lowest BCUT2D eigenvalue weighted by molar-refractivity contribution is -0.00672. The number of hydrogen-bond acceptors (Lipinski definition) is 5. The molecule has 0 radical (unpaired) electrons. The van der Waals surface area contributed by atoms with E-state index in [4.69, 9.17) is 9.47 Å². The van der Waals surface area contributed by atoms with Crippen LogP contribution in [0.25, 0.3) is 0 Å². The van der Waals surface area contributed by atoms with Crippen LogP contribution in [0.5, 0.6) is 5.75 Å². The summed E-state index contributed by atoms with van der Waals surface area (Å²) in [5, 5.41) is 4.53. The number of ether oxygens (including phenoxy) is 2. The van der Waals surface area contributed by atoms with Crippen molar-refractivity contribution in [2.24, 2.45) is 7.05 Å². The third-order valence-electron chi connectivity index (χ3n) is 5.50. The molecule has 0 N–H and O–H groups in total. The molecular weight excluding hydrogens is 411 g/mol. The summed E-state index contributed by atoms with van der Waals surface area (Å²) in [6, 6.07) is 7.96. The standard InChI is InChI=1S/C20H27FN4O4S/c1-23-17(7-11-28-18-6-4-5-16(21)13-18)14-19(22-23)20-15-25(10-12-29-20)30(26,27)24-8-2-3-9-24/h4-6,13-14,20H,2-3,7-12,15H2,1H3/t20-/m0/s1. The summed E-state index contributed by atoms with van der Waals surface area (Å²) in [5.74, 6) is 0.147. The molecule has 8 nitrogen and oxygen atoms in total. The highest BCUT2D eigenvalue weighted by atomic mass is 32.2. The molecule has 2 aliphatic heterocycles. The summed E-state index contributed by atoms with van der Waals surface area (Å²) >= 11 is 0. The lowest BCUT2D eigenvalue weighted by Gasteiger charge is -2.33. The molecule has 10 heteroatoms. The van der Waals surface area contributed by atoms with Gasteiger partial charge in [0.15, 0.2) is 0 Å². The van der Waals surface area contributed by atoms with Gasteiger partial charge in [0.25, 0.3) is 10.2 Å². The Morgan fingerprint density at radius 2 is 2.00 bits per heavy atom. The van der Waals surface area contributed by atoms with Gasteiger partial charge in [-0.3, -0.25) is 4.68 Å². The van der Waals surface area contributed by atoms with Gasteiger partial charge in [-0.05, 0) is 31.0 Å². The highest BCUT2D eigenvalue weighted by Gasteiger charge is 2.36. The number of rotatable bonds is 7. The van der Waals surface area contributed by atoms with E-state index in [1.165, 1.54) is 16.4 Å². The summed E-state index contributed by atoms with van der Waals surface area (Å²) in [6.45, 7) is 2.51. The van der Waals surface area contributed by atoms with Crippen LogP contribution in [0.2, 0.25) is 0 Å². The molecule has 2 aromatic rings. The Kier molecular flexibility index (Phi) is 6.37. The van der Waals surface area contributed by atoms with Crippen LogP contribution in [0.1, 0.15) is 30.3 Å². The summed E-state index contributed by atoms with van der Waals surface area (Å²) in [4.78, 5) is 0. The highest BCUT2D eigenvalue weighted by Crippen LogP contribution is 2.26. The van der Waals surface area contributed by atoms with Crippen molar-refractivity contribution in [2.75, 3.05) is 39.4 Å². The molecular formula is C20H27FN4O4S. The van der Waals surface area contributed by atoms with Gasteiger partial charge in [-0.25, -0.2) is 4.39 Å². The maximum Gasteiger partial charge on any atom is 0.282 e. The SMILES string of the molecule is Cn1nc([C@@H]2CN(S(=O)(=O)N3CCCC3)CCO2)cc1CCOc1cccc(F)c1. The van der Waals surface area contributed by atoms with Crippen molar-refractivity contribution in [2.45, 2.75) is 25.4 Å². The molecule has 2 fully saturated rings. The van der Waals surface area contributed by atoms with E-state index in [1.807, 2.05) is 13.1 Å². The van der Waals surface area contributed by atoms with Crippen LogP contribution >= 0.6 is 0 Å². The monoisotopic (exact) mass is 438 g/mol. The summed E-state index contributed by atoms with van der Waals surface area (Å²) in [7, 11) is -1.62. The fourth-order valence-electron chi connectivity index (χ4n) is 3.85. The van der Waals surface area contributed by atoms with Crippen molar-refractivity contribution in [3.05, 3.63) is 47.5 Å². The Bertz CT molecular complexity index is 975. The van der Waals surface area contributed by atoms with E-state index in [1.54, 1.807) is 21.1 Å². The van der Waals surface area contributed by atoms with Crippen molar-refractivity contribution in [1.29, 1.82) is 0 Å². The number of morpholine rings is 1.